The van der Waals surface area contributed by atoms with Gasteiger partial charge in [-0.2, -0.15) is 0 Å². The van der Waals surface area contributed by atoms with E-state index in [-0.39, 0.29) is 18.0 Å². The van der Waals surface area contributed by atoms with E-state index in [9.17, 15) is 14.7 Å². The summed E-state index contributed by atoms with van der Waals surface area (Å²) in [6.07, 6.45) is 4.17. The average molecular weight is 419 g/mol. The summed E-state index contributed by atoms with van der Waals surface area (Å²) in [5.41, 5.74) is 0.306. The zero-order chi connectivity index (χ0) is 20.2. The Morgan fingerprint density at radius 2 is 2.03 bits per heavy atom. The van der Waals surface area contributed by atoms with Gasteiger partial charge in [-0.15, -0.1) is 11.3 Å². The molecule has 2 amide bonds. The molecule has 0 aromatic carbocycles. The molecule has 2 fully saturated rings. The highest BCUT2D eigenvalue weighted by Gasteiger charge is 2.42. The topological polar surface area (TPSA) is 98.9 Å². The lowest BCUT2D eigenvalue weighted by atomic mass is 10.1. The summed E-state index contributed by atoms with van der Waals surface area (Å²) in [6, 6.07) is 5.85. The van der Waals surface area contributed by atoms with Gasteiger partial charge in [-0.3, -0.25) is 14.6 Å². The number of likely N-dealkylation sites (tertiary alicyclic amines) is 1. The first-order valence-corrected chi connectivity index (χ1v) is 11.0. The molecule has 4 heterocycles. The van der Waals surface area contributed by atoms with E-state index in [0.29, 0.717) is 18.0 Å². The highest BCUT2D eigenvalue weighted by Crippen LogP contribution is 2.30. The van der Waals surface area contributed by atoms with Crippen molar-refractivity contribution in [3.63, 3.8) is 0 Å². The van der Waals surface area contributed by atoms with E-state index in [2.05, 4.69) is 15.4 Å². The molecule has 4 rings (SSSR count). The Bertz CT molecular complexity index is 823. The van der Waals surface area contributed by atoms with Crippen molar-refractivity contribution in [1.29, 1.82) is 0 Å². The van der Waals surface area contributed by atoms with Crippen LogP contribution in [0, 0.1) is 0 Å². The number of nitrogens with zero attached hydrogens (tertiary/aromatic N) is 3. The summed E-state index contributed by atoms with van der Waals surface area (Å²) in [4.78, 5) is 28.5. The van der Waals surface area contributed by atoms with Gasteiger partial charge in [0, 0.05) is 37.8 Å². The van der Waals surface area contributed by atoms with Gasteiger partial charge in [-0.25, -0.2) is 4.79 Å². The summed E-state index contributed by atoms with van der Waals surface area (Å²) in [7, 11) is 0. The van der Waals surface area contributed by atoms with Crippen molar-refractivity contribution in [2.24, 2.45) is 0 Å². The van der Waals surface area contributed by atoms with E-state index >= 15 is 0 Å². The first-order valence-electron chi connectivity index (χ1n) is 10.1. The molecule has 2 bridgehead atoms. The number of fused-ring (bicyclic) bond motifs is 2. The SMILES string of the molecule is O=C(NCCCCCN1CC2CCC(C1)N2C(=O)O)c1cc(-c2cccs2)on1. The average Bonchev–Trinajstić information content (AvgIpc) is 3.43. The van der Waals surface area contributed by atoms with Crippen molar-refractivity contribution in [2.45, 2.75) is 44.2 Å². The zero-order valence-corrected chi connectivity index (χ0v) is 17.1. The molecule has 0 spiro atoms. The molecule has 2 aromatic heterocycles. The number of nitrogens with one attached hydrogen (secondary N) is 1. The van der Waals surface area contributed by atoms with Gasteiger partial charge in [-0.05, 0) is 43.7 Å². The van der Waals surface area contributed by atoms with Crippen molar-refractivity contribution >= 4 is 23.3 Å². The fourth-order valence-electron chi connectivity index (χ4n) is 4.33. The maximum atomic E-state index is 12.2. The Hall–Kier alpha value is -2.39. The van der Waals surface area contributed by atoms with Crippen LogP contribution in [-0.2, 0) is 0 Å². The van der Waals surface area contributed by atoms with Crippen LogP contribution in [0.4, 0.5) is 4.79 Å². The predicted molar refractivity (Wildman–Crippen MR) is 109 cm³/mol. The second kappa shape index (κ2) is 8.96. The van der Waals surface area contributed by atoms with Crippen LogP contribution < -0.4 is 5.32 Å². The summed E-state index contributed by atoms with van der Waals surface area (Å²) < 4.78 is 5.24. The maximum Gasteiger partial charge on any atom is 0.407 e. The number of rotatable bonds is 8. The Morgan fingerprint density at radius 3 is 2.72 bits per heavy atom. The van der Waals surface area contributed by atoms with E-state index in [1.165, 1.54) is 0 Å². The van der Waals surface area contributed by atoms with Gasteiger partial charge >= 0.3 is 6.09 Å². The van der Waals surface area contributed by atoms with Gasteiger partial charge in [0.25, 0.3) is 5.91 Å². The molecule has 2 saturated heterocycles. The summed E-state index contributed by atoms with van der Waals surface area (Å²) >= 11 is 1.54. The van der Waals surface area contributed by atoms with Crippen LogP contribution in [0.5, 0.6) is 0 Å². The number of hydrogen-bond donors (Lipinski definition) is 2. The fourth-order valence-corrected chi connectivity index (χ4v) is 5.01. The molecule has 29 heavy (non-hydrogen) atoms. The molecule has 156 valence electrons. The minimum absolute atomic E-state index is 0.159. The maximum absolute atomic E-state index is 12.2. The van der Waals surface area contributed by atoms with Crippen LogP contribution in [-0.4, -0.2) is 70.3 Å². The number of piperazine rings is 1. The third-order valence-corrected chi connectivity index (χ3v) is 6.61. The number of thiophene rings is 1. The number of carboxylic acid groups (broad SMARTS) is 1. The van der Waals surface area contributed by atoms with Crippen molar-refractivity contribution in [3.05, 3.63) is 29.3 Å². The van der Waals surface area contributed by atoms with E-state index in [0.717, 1.165) is 56.6 Å². The molecular formula is C20H26N4O4S. The van der Waals surface area contributed by atoms with Gasteiger partial charge in [0.1, 0.15) is 0 Å². The minimum Gasteiger partial charge on any atom is -0.465 e. The van der Waals surface area contributed by atoms with Crippen molar-refractivity contribution in [1.82, 2.24) is 20.3 Å². The molecule has 0 radical (unpaired) electrons. The fraction of sp³-hybridized carbons (Fsp3) is 0.550. The van der Waals surface area contributed by atoms with Crippen molar-refractivity contribution < 1.29 is 19.2 Å². The van der Waals surface area contributed by atoms with Crippen LogP contribution in [0.1, 0.15) is 42.6 Å². The first kappa shape index (κ1) is 19.9. The van der Waals surface area contributed by atoms with Crippen LogP contribution in [0.15, 0.2) is 28.1 Å². The molecule has 0 aliphatic carbocycles. The predicted octanol–water partition coefficient (Wildman–Crippen LogP) is 3.13. The third kappa shape index (κ3) is 4.62. The highest BCUT2D eigenvalue weighted by molar-refractivity contribution is 7.13. The van der Waals surface area contributed by atoms with Gasteiger partial charge in [0.05, 0.1) is 4.88 Å². The Kier molecular flexibility index (Phi) is 6.15. The molecule has 2 aromatic rings. The molecule has 8 nitrogen and oxygen atoms in total. The normalized spacial score (nSPS) is 21.4. The van der Waals surface area contributed by atoms with Crippen LogP contribution in [0.3, 0.4) is 0 Å². The number of amides is 2. The van der Waals surface area contributed by atoms with E-state index < -0.39 is 6.09 Å². The standard InChI is InChI=1S/C20H26N4O4S/c25-19(16-11-17(28-22-16)18-5-4-10-29-18)21-8-2-1-3-9-23-12-14-6-7-15(13-23)24(14)20(26)27/h4-5,10-11,14-15H,1-3,6-9,12-13H2,(H,21,25)(H,26,27). The van der Waals surface area contributed by atoms with E-state index in [1.807, 2.05) is 17.5 Å². The highest BCUT2D eigenvalue weighted by atomic mass is 32.1. The lowest BCUT2D eigenvalue weighted by molar-refractivity contribution is 0.0615. The monoisotopic (exact) mass is 418 g/mol. The Balaban J connectivity index is 1.12. The molecule has 2 aliphatic rings. The summed E-state index contributed by atoms with van der Waals surface area (Å²) in [6.45, 7) is 3.29. The van der Waals surface area contributed by atoms with Gasteiger partial charge in [-0.1, -0.05) is 17.6 Å². The largest absolute Gasteiger partial charge is 0.465 e. The van der Waals surface area contributed by atoms with Crippen LogP contribution in [0.25, 0.3) is 10.6 Å². The number of hydrogen-bond acceptors (Lipinski definition) is 6. The number of aromatic nitrogens is 1. The van der Waals surface area contributed by atoms with E-state index in [4.69, 9.17) is 4.52 Å². The van der Waals surface area contributed by atoms with Crippen molar-refractivity contribution in [2.75, 3.05) is 26.2 Å². The van der Waals surface area contributed by atoms with Gasteiger partial charge < -0.3 is 14.9 Å². The number of carbonyl (C=O) groups excluding carboxylic acids is 1. The minimum atomic E-state index is -0.775. The molecule has 9 heteroatoms. The quantitative estimate of drug-likeness (QED) is 0.639. The van der Waals surface area contributed by atoms with Crippen LogP contribution >= 0.6 is 11.3 Å². The number of carbonyl (C=O) groups is 2. The lowest BCUT2D eigenvalue weighted by Crippen LogP contribution is -2.55. The van der Waals surface area contributed by atoms with E-state index in [1.54, 1.807) is 22.3 Å². The zero-order valence-electron chi connectivity index (χ0n) is 16.2. The third-order valence-electron chi connectivity index (χ3n) is 5.72. The lowest BCUT2D eigenvalue weighted by Gasteiger charge is -2.39. The molecular weight excluding hydrogens is 392 g/mol. The molecule has 0 saturated carbocycles. The smallest absolute Gasteiger partial charge is 0.407 e. The molecule has 2 unspecified atom stereocenters. The second-order valence-corrected chi connectivity index (χ2v) is 8.65. The van der Waals surface area contributed by atoms with Gasteiger partial charge in [0.15, 0.2) is 11.5 Å². The summed E-state index contributed by atoms with van der Waals surface area (Å²) in [5, 5.41) is 18.0. The van der Waals surface area contributed by atoms with Crippen molar-refractivity contribution in [3.8, 4) is 10.6 Å². The van der Waals surface area contributed by atoms with Gasteiger partial charge in [0.2, 0.25) is 0 Å². The first-order chi connectivity index (χ1) is 14.1. The molecule has 2 atom stereocenters. The second-order valence-electron chi connectivity index (χ2n) is 7.70. The van der Waals surface area contributed by atoms with Crippen LogP contribution in [0.2, 0.25) is 0 Å². The number of unbranched alkanes of at least 4 members (excludes halogenated alkanes) is 2. The molecule has 2 aliphatic heterocycles. The summed E-state index contributed by atoms with van der Waals surface area (Å²) in [5.74, 6) is 0.403. The Morgan fingerprint density at radius 1 is 1.24 bits per heavy atom. The Labute approximate surface area is 173 Å². The molecule has 2 N–H and O–H groups in total.